The Balaban J connectivity index is 1.72. The number of hydrogen-bond acceptors (Lipinski definition) is 3. The zero-order chi connectivity index (χ0) is 18.7. The first-order valence-corrected chi connectivity index (χ1v) is 8.23. The molecule has 1 amide bonds. The minimum Gasteiger partial charge on any atom is -0.307 e. The fourth-order valence-electron chi connectivity index (χ4n) is 2.21. The Bertz CT molecular complexity index is 905. The van der Waals surface area contributed by atoms with Gasteiger partial charge in [-0.3, -0.25) is 9.78 Å². The van der Waals surface area contributed by atoms with Gasteiger partial charge in [-0.2, -0.15) is 18.3 Å². The summed E-state index contributed by atoms with van der Waals surface area (Å²) in [5.74, 6) is -0.137. The Morgan fingerprint density at radius 3 is 2.46 bits per heavy atom. The van der Waals surface area contributed by atoms with Crippen LogP contribution in [0.5, 0.6) is 0 Å². The first kappa shape index (κ1) is 18.1. The molecule has 0 aliphatic rings. The molecule has 3 aromatic rings. The summed E-state index contributed by atoms with van der Waals surface area (Å²) in [6, 6.07) is 11.1. The van der Waals surface area contributed by atoms with Gasteiger partial charge < -0.3 is 5.32 Å². The average molecular weight is 425 g/mol. The fraction of sp³-hybridized carbons (Fsp3) is 0.118. The van der Waals surface area contributed by atoms with E-state index in [1.807, 2.05) is 24.3 Å². The molecule has 0 saturated heterocycles. The topological polar surface area (TPSA) is 59.8 Å². The van der Waals surface area contributed by atoms with Crippen LogP contribution in [0.25, 0.3) is 0 Å². The summed E-state index contributed by atoms with van der Waals surface area (Å²) in [6.07, 6.45) is -2.12. The normalized spacial score (nSPS) is 11.4. The lowest BCUT2D eigenvalue weighted by atomic mass is 10.2. The van der Waals surface area contributed by atoms with Crippen molar-refractivity contribution in [2.45, 2.75) is 12.7 Å². The SMILES string of the molecule is O=C(Nc1ccnn1Cc1ccc(Br)cc1)c1ccc(C(F)(F)F)nc1. The van der Waals surface area contributed by atoms with E-state index in [0.717, 1.165) is 28.4 Å². The molecule has 1 aromatic carbocycles. The Morgan fingerprint density at radius 2 is 1.85 bits per heavy atom. The maximum absolute atomic E-state index is 12.5. The maximum atomic E-state index is 12.5. The van der Waals surface area contributed by atoms with Gasteiger partial charge in [-0.05, 0) is 29.8 Å². The summed E-state index contributed by atoms with van der Waals surface area (Å²) in [4.78, 5) is 15.5. The van der Waals surface area contributed by atoms with Crippen molar-refractivity contribution >= 4 is 27.7 Å². The molecule has 0 unspecified atom stereocenters. The van der Waals surface area contributed by atoms with Gasteiger partial charge in [-0.15, -0.1) is 0 Å². The van der Waals surface area contributed by atoms with E-state index in [4.69, 9.17) is 0 Å². The predicted octanol–water partition coefficient (Wildman–Crippen LogP) is 4.36. The van der Waals surface area contributed by atoms with Crippen molar-refractivity contribution < 1.29 is 18.0 Å². The molecule has 26 heavy (non-hydrogen) atoms. The highest BCUT2D eigenvalue weighted by Gasteiger charge is 2.32. The first-order chi connectivity index (χ1) is 12.3. The second-order valence-corrected chi connectivity index (χ2v) is 6.30. The molecule has 1 N–H and O–H groups in total. The molecule has 0 radical (unpaired) electrons. The molecule has 2 heterocycles. The number of carbonyl (C=O) groups is 1. The van der Waals surface area contributed by atoms with Crippen molar-refractivity contribution in [1.29, 1.82) is 0 Å². The molecule has 3 rings (SSSR count). The van der Waals surface area contributed by atoms with Gasteiger partial charge in [0.1, 0.15) is 11.5 Å². The number of amides is 1. The summed E-state index contributed by atoms with van der Waals surface area (Å²) in [5, 5.41) is 6.78. The smallest absolute Gasteiger partial charge is 0.307 e. The molecule has 9 heteroatoms. The zero-order valence-electron chi connectivity index (χ0n) is 13.2. The molecule has 0 atom stereocenters. The number of carbonyl (C=O) groups excluding carboxylic acids is 1. The average Bonchev–Trinajstić information content (AvgIpc) is 3.03. The Morgan fingerprint density at radius 1 is 1.12 bits per heavy atom. The van der Waals surface area contributed by atoms with E-state index in [1.54, 1.807) is 10.7 Å². The van der Waals surface area contributed by atoms with Gasteiger partial charge in [0.15, 0.2) is 0 Å². The van der Waals surface area contributed by atoms with E-state index < -0.39 is 17.8 Å². The summed E-state index contributed by atoms with van der Waals surface area (Å²) in [5.41, 5.74) is -0.0488. The van der Waals surface area contributed by atoms with E-state index in [-0.39, 0.29) is 5.56 Å². The monoisotopic (exact) mass is 424 g/mol. The van der Waals surface area contributed by atoms with Crippen molar-refractivity contribution in [2.24, 2.45) is 0 Å². The number of halogens is 4. The molecule has 0 aliphatic carbocycles. The lowest BCUT2D eigenvalue weighted by Gasteiger charge is -2.10. The zero-order valence-corrected chi connectivity index (χ0v) is 14.8. The maximum Gasteiger partial charge on any atom is 0.433 e. The molecule has 5 nitrogen and oxygen atoms in total. The highest BCUT2D eigenvalue weighted by atomic mass is 79.9. The highest BCUT2D eigenvalue weighted by Crippen LogP contribution is 2.27. The highest BCUT2D eigenvalue weighted by molar-refractivity contribution is 9.10. The minimum atomic E-state index is -4.54. The number of nitrogens with zero attached hydrogens (tertiary/aromatic N) is 3. The number of nitrogens with one attached hydrogen (secondary N) is 1. The lowest BCUT2D eigenvalue weighted by Crippen LogP contribution is -2.17. The standard InChI is InChI=1S/C17H12BrF3N4O/c18-13-4-1-11(2-5-13)10-25-15(7-8-23-25)24-16(26)12-3-6-14(22-9-12)17(19,20)21/h1-9H,10H2,(H,24,26). The van der Waals surface area contributed by atoms with Crippen molar-refractivity contribution in [2.75, 3.05) is 5.32 Å². The van der Waals surface area contributed by atoms with Crippen LogP contribution in [0.3, 0.4) is 0 Å². The summed E-state index contributed by atoms with van der Waals surface area (Å²) in [7, 11) is 0. The molecule has 0 fully saturated rings. The molecule has 134 valence electrons. The van der Waals surface area contributed by atoms with Crippen LogP contribution in [-0.2, 0) is 12.7 Å². The minimum absolute atomic E-state index is 0.0226. The summed E-state index contributed by atoms with van der Waals surface area (Å²) in [6.45, 7) is 0.432. The van der Waals surface area contributed by atoms with E-state index in [9.17, 15) is 18.0 Å². The quantitative estimate of drug-likeness (QED) is 0.676. The van der Waals surface area contributed by atoms with Gasteiger partial charge in [-0.25, -0.2) is 4.68 Å². The molecular formula is C17H12BrF3N4O. The summed E-state index contributed by atoms with van der Waals surface area (Å²) < 4.78 is 40.1. The third-order valence-electron chi connectivity index (χ3n) is 3.52. The van der Waals surface area contributed by atoms with Gasteiger partial charge in [0, 0.05) is 16.7 Å². The number of aromatic nitrogens is 3. The third-order valence-corrected chi connectivity index (χ3v) is 4.05. The number of pyridine rings is 1. The molecule has 0 saturated carbocycles. The van der Waals surface area contributed by atoms with Crippen molar-refractivity contribution in [3.05, 3.63) is 76.2 Å². The first-order valence-electron chi connectivity index (χ1n) is 7.44. The molecule has 0 spiro atoms. The van der Waals surface area contributed by atoms with Crippen LogP contribution in [0.4, 0.5) is 19.0 Å². The van der Waals surface area contributed by atoms with Gasteiger partial charge >= 0.3 is 6.18 Å². The molecular weight excluding hydrogens is 413 g/mol. The van der Waals surface area contributed by atoms with Gasteiger partial charge in [0.05, 0.1) is 18.3 Å². The number of benzene rings is 1. The van der Waals surface area contributed by atoms with Gasteiger partial charge in [0.2, 0.25) is 0 Å². The number of alkyl halides is 3. The van der Waals surface area contributed by atoms with Crippen LogP contribution >= 0.6 is 15.9 Å². The number of anilines is 1. The van der Waals surface area contributed by atoms with Crippen LogP contribution in [0.1, 0.15) is 21.6 Å². The van der Waals surface area contributed by atoms with Gasteiger partial charge in [-0.1, -0.05) is 28.1 Å². The molecule has 0 aliphatic heterocycles. The van der Waals surface area contributed by atoms with Gasteiger partial charge in [0.25, 0.3) is 5.91 Å². The van der Waals surface area contributed by atoms with Crippen molar-refractivity contribution in [3.8, 4) is 0 Å². The second kappa shape index (κ2) is 7.28. The van der Waals surface area contributed by atoms with Crippen molar-refractivity contribution in [3.63, 3.8) is 0 Å². The van der Waals surface area contributed by atoms with E-state index in [2.05, 4.69) is 31.3 Å². The van der Waals surface area contributed by atoms with Crippen molar-refractivity contribution in [1.82, 2.24) is 14.8 Å². The molecule has 0 bridgehead atoms. The summed E-state index contributed by atoms with van der Waals surface area (Å²) >= 11 is 3.36. The molecule has 2 aromatic heterocycles. The van der Waals surface area contributed by atoms with Crippen LogP contribution < -0.4 is 5.32 Å². The number of rotatable bonds is 4. The number of hydrogen-bond donors (Lipinski definition) is 1. The Labute approximate surface area is 155 Å². The van der Waals surface area contributed by atoms with Crippen LogP contribution in [-0.4, -0.2) is 20.7 Å². The predicted molar refractivity (Wildman–Crippen MR) is 92.7 cm³/mol. The lowest BCUT2D eigenvalue weighted by molar-refractivity contribution is -0.141. The Kier molecular flexibility index (Phi) is 5.08. The van der Waals surface area contributed by atoms with E-state index in [1.165, 1.54) is 6.20 Å². The van der Waals surface area contributed by atoms with Crippen LogP contribution in [0, 0.1) is 0 Å². The fourth-order valence-corrected chi connectivity index (χ4v) is 2.48. The largest absolute Gasteiger partial charge is 0.433 e. The van der Waals surface area contributed by atoms with E-state index in [0.29, 0.717) is 12.4 Å². The second-order valence-electron chi connectivity index (χ2n) is 5.38. The third kappa shape index (κ3) is 4.29. The van der Waals surface area contributed by atoms with E-state index >= 15 is 0 Å². The Hall–Kier alpha value is -2.68. The van der Waals surface area contributed by atoms with Crippen LogP contribution in [0.2, 0.25) is 0 Å². The van der Waals surface area contributed by atoms with Crippen LogP contribution in [0.15, 0.2) is 59.3 Å².